The number of carbonyl (C=O) groups excluding carboxylic acids is 1. The average molecular weight is 288 g/mol. The number of amides is 1. The summed E-state index contributed by atoms with van der Waals surface area (Å²) in [6.45, 7) is 10.9. The van der Waals surface area contributed by atoms with E-state index in [9.17, 15) is 4.79 Å². The van der Waals surface area contributed by atoms with Crippen LogP contribution in [0, 0.1) is 5.92 Å². The Balaban J connectivity index is 2.03. The van der Waals surface area contributed by atoms with Gasteiger partial charge in [-0.15, -0.1) is 0 Å². The first-order valence-electron chi connectivity index (χ1n) is 7.70. The Morgan fingerprint density at radius 2 is 2.05 bits per heavy atom. The van der Waals surface area contributed by atoms with E-state index in [0.29, 0.717) is 11.7 Å². The number of anilines is 1. The molecule has 1 fully saturated rings. The molecule has 0 saturated heterocycles. The van der Waals surface area contributed by atoms with Gasteiger partial charge in [0.15, 0.2) is 17.2 Å². The standard InChI is InChI=1S/C17H24N2O2/c1-16(2,3)12-8-13-14(18-9-12)19(10-11-6-7-11)15(20)17(4,5)21-13/h8-9,11H,6-7,10H2,1-5H3. The maximum absolute atomic E-state index is 12.6. The van der Waals surface area contributed by atoms with Crippen LogP contribution in [0.5, 0.6) is 5.75 Å². The topological polar surface area (TPSA) is 42.4 Å². The summed E-state index contributed by atoms with van der Waals surface area (Å²) >= 11 is 0. The summed E-state index contributed by atoms with van der Waals surface area (Å²) in [7, 11) is 0. The molecule has 21 heavy (non-hydrogen) atoms. The lowest BCUT2D eigenvalue weighted by atomic mass is 9.88. The highest BCUT2D eigenvalue weighted by Crippen LogP contribution is 2.41. The van der Waals surface area contributed by atoms with Crippen molar-refractivity contribution in [2.75, 3.05) is 11.4 Å². The Morgan fingerprint density at radius 3 is 2.62 bits per heavy atom. The van der Waals surface area contributed by atoms with Crippen molar-refractivity contribution in [3.05, 3.63) is 17.8 Å². The molecule has 1 aromatic rings. The summed E-state index contributed by atoms with van der Waals surface area (Å²) in [5.74, 6) is 2.05. The highest BCUT2D eigenvalue weighted by atomic mass is 16.5. The fourth-order valence-electron chi connectivity index (χ4n) is 2.59. The second kappa shape index (κ2) is 4.46. The molecule has 4 nitrogen and oxygen atoms in total. The third kappa shape index (κ3) is 2.63. The lowest BCUT2D eigenvalue weighted by molar-refractivity contribution is -0.132. The summed E-state index contributed by atoms with van der Waals surface area (Å²) in [6.07, 6.45) is 4.29. The quantitative estimate of drug-likeness (QED) is 0.838. The van der Waals surface area contributed by atoms with Gasteiger partial charge in [0.25, 0.3) is 5.91 Å². The Morgan fingerprint density at radius 1 is 1.38 bits per heavy atom. The van der Waals surface area contributed by atoms with E-state index in [1.54, 1.807) is 0 Å². The lowest BCUT2D eigenvalue weighted by Crippen LogP contribution is -2.53. The van der Waals surface area contributed by atoms with E-state index in [0.717, 1.165) is 17.9 Å². The first-order chi connectivity index (χ1) is 9.68. The summed E-state index contributed by atoms with van der Waals surface area (Å²) in [6, 6.07) is 2.04. The van der Waals surface area contributed by atoms with E-state index in [4.69, 9.17) is 4.74 Å². The van der Waals surface area contributed by atoms with Gasteiger partial charge in [-0.05, 0) is 49.7 Å². The first-order valence-corrected chi connectivity index (χ1v) is 7.70. The molecule has 2 heterocycles. The number of aromatic nitrogens is 1. The van der Waals surface area contributed by atoms with Crippen molar-refractivity contribution in [1.82, 2.24) is 4.98 Å². The van der Waals surface area contributed by atoms with E-state index in [-0.39, 0.29) is 11.3 Å². The maximum atomic E-state index is 12.6. The molecule has 2 aliphatic rings. The molecule has 0 atom stereocenters. The second-order valence-electron chi connectivity index (χ2n) is 7.77. The van der Waals surface area contributed by atoms with Crippen LogP contribution in [0.4, 0.5) is 5.82 Å². The van der Waals surface area contributed by atoms with Gasteiger partial charge in [0.2, 0.25) is 0 Å². The summed E-state index contributed by atoms with van der Waals surface area (Å²) in [5, 5.41) is 0. The number of hydrogen-bond acceptors (Lipinski definition) is 3. The maximum Gasteiger partial charge on any atom is 0.271 e. The van der Waals surface area contributed by atoms with Crippen molar-refractivity contribution in [3.63, 3.8) is 0 Å². The number of nitrogens with zero attached hydrogens (tertiary/aromatic N) is 2. The van der Waals surface area contributed by atoms with Gasteiger partial charge in [0.1, 0.15) is 0 Å². The fraction of sp³-hybridized carbons (Fsp3) is 0.647. The van der Waals surface area contributed by atoms with Gasteiger partial charge in [-0.2, -0.15) is 0 Å². The minimum absolute atomic E-state index is 0.0120. The molecule has 3 rings (SSSR count). The minimum atomic E-state index is -0.819. The Bertz CT molecular complexity index is 583. The minimum Gasteiger partial charge on any atom is -0.474 e. The van der Waals surface area contributed by atoms with Crippen LogP contribution >= 0.6 is 0 Å². The largest absolute Gasteiger partial charge is 0.474 e. The van der Waals surface area contributed by atoms with E-state index in [2.05, 4.69) is 25.8 Å². The predicted octanol–water partition coefficient (Wildman–Crippen LogP) is 3.29. The molecule has 0 bridgehead atoms. The van der Waals surface area contributed by atoms with E-state index < -0.39 is 5.60 Å². The number of fused-ring (bicyclic) bond motifs is 1. The van der Waals surface area contributed by atoms with Crippen molar-refractivity contribution in [1.29, 1.82) is 0 Å². The van der Waals surface area contributed by atoms with Crippen LogP contribution in [-0.2, 0) is 10.2 Å². The van der Waals surface area contributed by atoms with Gasteiger partial charge in [-0.25, -0.2) is 4.98 Å². The van der Waals surface area contributed by atoms with Crippen LogP contribution in [0.2, 0.25) is 0 Å². The summed E-state index contributed by atoms with van der Waals surface area (Å²) in [4.78, 5) is 19.0. The monoisotopic (exact) mass is 288 g/mol. The van der Waals surface area contributed by atoms with Gasteiger partial charge in [-0.1, -0.05) is 20.8 Å². The van der Waals surface area contributed by atoms with Crippen LogP contribution < -0.4 is 9.64 Å². The van der Waals surface area contributed by atoms with Crippen LogP contribution in [0.25, 0.3) is 0 Å². The summed E-state index contributed by atoms with van der Waals surface area (Å²) in [5.41, 5.74) is 0.316. The Hall–Kier alpha value is -1.58. The van der Waals surface area contributed by atoms with Gasteiger partial charge < -0.3 is 4.74 Å². The third-order valence-electron chi connectivity index (χ3n) is 4.22. The van der Waals surface area contributed by atoms with Crippen molar-refractivity contribution >= 4 is 11.7 Å². The molecule has 0 unspecified atom stereocenters. The van der Waals surface area contributed by atoms with Gasteiger partial charge in [0.05, 0.1) is 0 Å². The highest BCUT2D eigenvalue weighted by molar-refractivity contribution is 6.01. The van der Waals surface area contributed by atoms with E-state index in [1.807, 2.05) is 31.0 Å². The number of carbonyl (C=O) groups is 1. The average Bonchev–Trinajstić information content (AvgIpc) is 3.16. The summed E-state index contributed by atoms with van der Waals surface area (Å²) < 4.78 is 5.95. The molecule has 114 valence electrons. The van der Waals surface area contributed by atoms with Crippen LogP contribution in [0.1, 0.15) is 53.0 Å². The molecule has 1 aromatic heterocycles. The third-order valence-corrected chi connectivity index (χ3v) is 4.22. The lowest BCUT2D eigenvalue weighted by Gasteiger charge is -2.38. The predicted molar refractivity (Wildman–Crippen MR) is 82.7 cm³/mol. The fourth-order valence-corrected chi connectivity index (χ4v) is 2.59. The molecule has 0 N–H and O–H groups in total. The van der Waals surface area contributed by atoms with Crippen molar-refractivity contribution in [2.24, 2.45) is 5.92 Å². The zero-order valence-corrected chi connectivity index (χ0v) is 13.6. The molecule has 0 spiro atoms. The highest BCUT2D eigenvalue weighted by Gasteiger charge is 2.43. The zero-order valence-electron chi connectivity index (χ0n) is 13.6. The molecule has 4 heteroatoms. The molecule has 0 aromatic carbocycles. The molecule has 1 aliphatic heterocycles. The van der Waals surface area contributed by atoms with E-state index >= 15 is 0 Å². The second-order valence-corrected chi connectivity index (χ2v) is 7.77. The zero-order chi connectivity index (χ0) is 15.4. The molecule has 1 saturated carbocycles. The van der Waals surface area contributed by atoms with Crippen LogP contribution in [-0.4, -0.2) is 23.0 Å². The number of pyridine rings is 1. The number of rotatable bonds is 2. The molecule has 0 radical (unpaired) electrons. The van der Waals surface area contributed by atoms with Crippen molar-refractivity contribution < 1.29 is 9.53 Å². The smallest absolute Gasteiger partial charge is 0.271 e. The van der Waals surface area contributed by atoms with Crippen LogP contribution in [0.15, 0.2) is 12.3 Å². The van der Waals surface area contributed by atoms with Crippen molar-refractivity contribution in [3.8, 4) is 5.75 Å². The van der Waals surface area contributed by atoms with Gasteiger partial charge in [0, 0.05) is 12.7 Å². The Labute approximate surface area is 126 Å². The first kappa shape index (κ1) is 14.4. The molecule has 1 aliphatic carbocycles. The van der Waals surface area contributed by atoms with Crippen molar-refractivity contribution in [2.45, 2.75) is 58.5 Å². The Kier molecular flexibility index (Phi) is 3.05. The van der Waals surface area contributed by atoms with Gasteiger partial charge >= 0.3 is 0 Å². The van der Waals surface area contributed by atoms with Crippen LogP contribution in [0.3, 0.4) is 0 Å². The normalized spacial score (nSPS) is 21.0. The molecule has 1 amide bonds. The van der Waals surface area contributed by atoms with Gasteiger partial charge in [-0.3, -0.25) is 9.69 Å². The van der Waals surface area contributed by atoms with E-state index in [1.165, 1.54) is 12.8 Å². The SMILES string of the molecule is CC1(C)Oc2cc(C(C)(C)C)cnc2N(CC2CC2)C1=O. The number of hydrogen-bond donors (Lipinski definition) is 0. The molecular formula is C17H24N2O2. The molecular weight excluding hydrogens is 264 g/mol. The number of ether oxygens (including phenoxy) is 1.